The number of alkyl carbamates (subject to hydrolysis) is 1. The molecule has 4 N–H and O–H groups in total. The molecule has 0 saturated heterocycles. The van der Waals surface area contributed by atoms with Crippen LogP contribution in [0, 0.1) is 39.9 Å². The molecule has 0 radical (unpaired) electrons. The monoisotopic (exact) mass is 1260 g/mol. The Morgan fingerprint density at radius 2 is 1.23 bits per heavy atom. The van der Waals surface area contributed by atoms with E-state index < -0.39 is 18.0 Å². The first kappa shape index (κ1) is 69.7. The summed E-state index contributed by atoms with van der Waals surface area (Å²) in [7, 11) is 3.27. The molecule has 23 heteroatoms. The number of nitrogens with zero attached hydrogens (tertiary/aromatic N) is 5. The fourth-order valence-corrected chi connectivity index (χ4v) is 8.21. The zero-order valence-corrected chi connectivity index (χ0v) is 49.7. The molecule has 1 aromatic heterocycles. The van der Waals surface area contributed by atoms with E-state index in [1.54, 1.807) is 26.6 Å². The van der Waals surface area contributed by atoms with Crippen LogP contribution in [-0.4, -0.2) is 182 Å². The van der Waals surface area contributed by atoms with Gasteiger partial charge in [0.15, 0.2) is 11.5 Å². The maximum atomic E-state index is 12.2. The third-order valence-electron chi connectivity index (χ3n) is 11.7. The third kappa shape index (κ3) is 25.4. The number of aliphatic hydroxyl groups excluding tert-OH is 1. The van der Waals surface area contributed by atoms with Crippen molar-refractivity contribution in [3.63, 3.8) is 0 Å². The Morgan fingerprint density at radius 1 is 0.718 bits per heavy atom. The van der Waals surface area contributed by atoms with E-state index in [4.69, 9.17) is 87.4 Å². The number of nitrogens with one attached hydrogen (secondary N) is 1. The van der Waals surface area contributed by atoms with Gasteiger partial charge >= 0.3 is 6.09 Å². The van der Waals surface area contributed by atoms with E-state index in [9.17, 15) is 9.90 Å². The van der Waals surface area contributed by atoms with Crippen molar-refractivity contribution in [2.75, 3.05) is 119 Å². The van der Waals surface area contributed by atoms with Crippen LogP contribution in [0.3, 0.4) is 0 Å². The van der Waals surface area contributed by atoms with E-state index in [0.29, 0.717) is 139 Å². The Balaban J connectivity index is 0.00000216. The fourth-order valence-electron chi connectivity index (χ4n) is 8.12. The molecule has 5 rings (SSSR count). The summed E-state index contributed by atoms with van der Waals surface area (Å²) in [6.07, 6.45) is 10.1. The first-order valence-electron chi connectivity index (χ1n) is 26.0. The molecule has 6 bridgehead atoms. The van der Waals surface area contributed by atoms with Gasteiger partial charge in [0.05, 0.1) is 113 Å². The Labute approximate surface area is 496 Å². The van der Waals surface area contributed by atoms with Crippen molar-refractivity contribution in [3.8, 4) is 11.5 Å². The third-order valence-corrected chi connectivity index (χ3v) is 11.8. The summed E-state index contributed by atoms with van der Waals surface area (Å²) in [5.74, 6) is -0.306. The van der Waals surface area contributed by atoms with Crippen LogP contribution < -0.4 is 19.8 Å². The van der Waals surface area contributed by atoms with Crippen molar-refractivity contribution < 1.29 is 112 Å². The average Bonchev–Trinajstić information content (AvgIpc) is 4.04. The normalized spacial score (nSPS) is 15.1. The van der Waals surface area contributed by atoms with Gasteiger partial charge in [0.2, 0.25) is 0 Å². The number of amides is 1. The van der Waals surface area contributed by atoms with Gasteiger partial charge in [-0.25, -0.2) is 9.79 Å². The van der Waals surface area contributed by atoms with Gasteiger partial charge in [-0.1, -0.05) is 31.1 Å². The minimum atomic E-state index is -0.833. The number of aliphatic hydroxyl groups is 1. The van der Waals surface area contributed by atoms with Crippen LogP contribution in [0.1, 0.15) is 89.7 Å². The first-order valence-corrected chi connectivity index (χ1v) is 26.6. The first-order chi connectivity index (χ1) is 37.2. The number of fused-ring (bicyclic) bond motifs is 5. The van der Waals surface area contributed by atoms with Gasteiger partial charge in [-0.05, 0) is 81.1 Å². The molecule has 21 nitrogen and oxygen atoms in total. The minimum absolute atomic E-state index is 0. The number of hydrogen-bond donors (Lipinski definition) is 5. The maximum absolute atomic E-state index is 12.2. The number of ether oxygens (including phenoxy) is 9. The van der Waals surface area contributed by atoms with Gasteiger partial charge in [0, 0.05) is 99.0 Å². The van der Waals surface area contributed by atoms with Crippen molar-refractivity contribution >= 4 is 72.0 Å². The van der Waals surface area contributed by atoms with Crippen LogP contribution in [0.15, 0.2) is 60.1 Å². The van der Waals surface area contributed by atoms with Crippen molar-refractivity contribution in [1.29, 1.82) is 0 Å². The van der Waals surface area contributed by atoms with Crippen LogP contribution >= 0.6 is 12.6 Å². The number of carboxylic acid groups (broad SMARTS) is 2. The van der Waals surface area contributed by atoms with Crippen LogP contribution in [0.4, 0.5) is 16.2 Å². The smallest absolute Gasteiger partial charge is 0.407 e. The minimum Gasteiger partial charge on any atom is -0.661 e. The number of allylic oxidation sites excluding steroid dienone is 3. The number of hydrogen-bond acceptors (Lipinski definition) is 18. The summed E-state index contributed by atoms with van der Waals surface area (Å²) >= 11 is 4.14. The van der Waals surface area contributed by atoms with E-state index >= 15 is 0 Å². The van der Waals surface area contributed by atoms with Gasteiger partial charge in [0.1, 0.15) is 19.8 Å². The number of carboxylic acids is 2. The van der Waals surface area contributed by atoms with Gasteiger partial charge in [-0.3, -0.25) is 24.6 Å². The second-order valence-corrected chi connectivity index (χ2v) is 17.8. The number of methoxy groups -OCH3 is 2. The second-order valence-electron chi connectivity index (χ2n) is 17.3. The zero-order valence-electron chi connectivity index (χ0n) is 46.5. The molecule has 0 aliphatic carbocycles. The molecule has 0 fully saturated rings. The van der Waals surface area contributed by atoms with E-state index in [0.717, 1.165) is 66.2 Å². The summed E-state index contributed by atoms with van der Waals surface area (Å²) in [4.78, 5) is 56.1. The summed E-state index contributed by atoms with van der Waals surface area (Å²) < 4.78 is 50.6. The van der Waals surface area contributed by atoms with E-state index in [1.807, 2.05) is 12.1 Å². The number of carbonyl (C=O) groups is 3. The molecular weight excluding hydrogens is 1170 g/mol. The average molecular weight is 1260 g/mol. The predicted octanol–water partition coefficient (Wildman–Crippen LogP) is 7.19. The van der Waals surface area contributed by atoms with E-state index in [1.165, 1.54) is 16.7 Å². The molecule has 436 valence electrons. The number of carbonyl (C=O) groups excluding carboxylic acids is 1. The fraction of sp³-hybridized carbons (Fsp3) is 0.582. The Hall–Kier alpha value is -4.40. The topological polar surface area (TPSA) is 271 Å². The number of thiol groups is 1. The van der Waals surface area contributed by atoms with Crippen LogP contribution in [0.25, 0.3) is 6.08 Å². The summed E-state index contributed by atoms with van der Waals surface area (Å²) in [6.45, 7) is 16.2. The van der Waals surface area contributed by atoms with Crippen molar-refractivity contribution in [2.24, 2.45) is 20.0 Å². The van der Waals surface area contributed by atoms with Gasteiger partial charge in [0.25, 0.3) is 11.9 Å². The Kier molecular flexibility index (Phi) is 36.4. The molecule has 78 heavy (non-hydrogen) atoms. The second kappa shape index (κ2) is 40.7. The van der Waals surface area contributed by atoms with Gasteiger partial charge in [-0.2, -0.15) is 18.3 Å². The summed E-state index contributed by atoms with van der Waals surface area (Å²) in [6, 6.07) is 3.47. The number of aliphatic carboxylic acids is 2. The molecule has 1 aromatic carbocycles. The molecular formula is C55H81GdN6O15S-. The molecule has 4 heterocycles. The van der Waals surface area contributed by atoms with Crippen LogP contribution in [0.5, 0.6) is 11.5 Å². The number of rotatable bonds is 31. The standard InChI is InChI=1S/C51H74N6O11S.2C2H4O2.Gd/c1-7-37-38(8-2)42-30-44-40(12-10-14-58)36(4)48(57-44)34-54-46-32-50(67-26-24-65-22-20-63-18-16-61-6)49(66-25-23-64-21-19-62-17-15-60-5)31-45(46)53-33-47-35(3)39(43(56-47)29-41(37)55-42)11-9-13-52-51(59)68-27-28-69;2*1-2(3)4;/h29,31-34,44,58H,7-28,30H2,1-6H3,(H3,52,53,55,56,57,59,69);2*1H3,(H,3,4);/p-1. The quantitative estimate of drug-likeness (QED) is 0.0369. The van der Waals surface area contributed by atoms with Crippen molar-refractivity contribution in [1.82, 2.24) is 10.3 Å². The SMILES string of the molecule is CC(=O)O.CC(=O)O.CCc1c2[n-]c(c1CC)CC1N=C(C=Nc3cc(OCCOCCOCCOC)c(OCCOCCOCCOC)cc3N=CC3=N/C(=C\2)C(CCCNC(=O)OCCS)=C3C)C(C)=C1CCCO.[Gd]. The number of aliphatic imine (C=N–C) groups is 4. The Morgan fingerprint density at radius 3 is 1.73 bits per heavy atom. The van der Waals surface area contributed by atoms with Crippen LogP contribution in [-0.2, 0) is 62.0 Å². The molecule has 3 aliphatic heterocycles. The van der Waals surface area contributed by atoms with E-state index in [-0.39, 0.29) is 72.4 Å². The maximum Gasteiger partial charge on any atom is 0.407 e. The molecule has 1 amide bonds. The van der Waals surface area contributed by atoms with E-state index in [2.05, 4.69) is 51.7 Å². The van der Waals surface area contributed by atoms with Crippen molar-refractivity contribution in [3.05, 3.63) is 62.6 Å². The predicted molar refractivity (Wildman–Crippen MR) is 300 cm³/mol. The molecule has 2 aromatic rings. The molecule has 0 spiro atoms. The molecule has 3 aliphatic rings. The summed E-state index contributed by atoms with van der Waals surface area (Å²) in [5.41, 5.74) is 11.9. The Bertz CT molecular complexity index is 2380. The van der Waals surface area contributed by atoms with Crippen LogP contribution in [0.2, 0.25) is 0 Å². The zero-order chi connectivity index (χ0) is 56.4. The largest absolute Gasteiger partial charge is 0.661 e. The molecule has 1 unspecified atom stereocenters. The van der Waals surface area contributed by atoms with Gasteiger partial charge in [-0.15, -0.1) is 5.69 Å². The molecule has 1 atom stereocenters. The van der Waals surface area contributed by atoms with Gasteiger partial charge < -0.3 is 68.3 Å². The number of aromatic nitrogens is 1. The molecule has 0 saturated carbocycles. The summed E-state index contributed by atoms with van der Waals surface area (Å²) in [5, 5.41) is 27.6. The number of benzene rings is 1. The van der Waals surface area contributed by atoms with Crippen molar-refractivity contribution in [2.45, 2.75) is 92.5 Å².